The van der Waals surface area contributed by atoms with Crippen LogP contribution in [0.2, 0.25) is 0 Å². The standard InChI is InChI=1S/C11H13FN4O2S.C10H12FN5O2S/c12-4-5-15-8-10(6-13-15)19(17,18)16-7-9-2-1-3-11(9)14-16;11-1-2-15-7-9(4-13-15)19(17,18)16-6-8-3-12-5-10(8)14-16/h6-8H,1-5H2;4,6-7,12H,1-3,5H2. The van der Waals surface area contributed by atoms with Gasteiger partial charge in [-0.25, -0.2) is 8.78 Å². The molecule has 0 saturated heterocycles. The molecule has 0 saturated carbocycles. The highest BCUT2D eigenvalue weighted by Crippen LogP contribution is 2.22. The molecule has 5 heterocycles. The van der Waals surface area contributed by atoms with E-state index in [1.54, 1.807) is 6.20 Å². The number of aromatic nitrogens is 8. The van der Waals surface area contributed by atoms with Gasteiger partial charge in [0.05, 0.1) is 36.9 Å². The van der Waals surface area contributed by atoms with Crippen molar-refractivity contribution < 1.29 is 25.6 Å². The van der Waals surface area contributed by atoms with Crippen LogP contribution in [0, 0.1) is 0 Å². The van der Waals surface area contributed by atoms with Crippen molar-refractivity contribution in [3.63, 3.8) is 0 Å². The van der Waals surface area contributed by atoms with Crippen LogP contribution in [-0.4, -0.2) is 68.1 Å². The van der Waals surface area contributed by atoms with Crippen molar-refractivity contribution in [2.24, 2.45) is 0 Å². The van der Waals surface area contributed by atoms with Crippen LogP contribution < -0.4 is 5.32 Å². The van der Waals surface area contributed by atoms with Gasteiger partial charge >= 0.3 is 0 Å². The maximum Gasteiger partial charge on any atom is 0.286 e. The van der Waals surface area contributed by atoms with E-state index in [0.29, 0.717) is 13.1 Å². The molecule has 17 heteroatoms. The minimum absolute atomic E-state index is 0.00934. The quantitative estimate of drug-likeness (QED) is 0.323. The average molecular weight is 570 g/mol. The van der Waals surface area contributed by atoms with Crippen LogP contribution in [0.15, 0.2) is 47.0 Å². The molecule has 0 bridgehead atoms. The SMILES string of the molecule is O=S(=O)(c1cnn(CCF)c1)n1cc2c(n1)CCC2.O=S(=O)(c1cnn(CCF)c1)n1cc2c(n1)CNC2. The molecule has 0 fully saturated rings. The van der Waals surface area contributed by atoms with Gasteiger partial charge in [-0.15, -0.1) is 0 Å². The van der Waals surface area contributed by atoms with E-state index in [9.17, 15) is 25.6 Å². The van der Waals surface area contributed by atoms with Crippen molar-refractivity contribution in [2.45, 2.75) is 55.2 Å². The summed E-state index contributed by atoms with van der Waals surface area (Å²) in [7, 11) is -7.46. The molecule has 0 atom stereocenters. The molecule has 1 aliphatic carbocycles. The normalized spacial score (nSPS) is 14.8. The van der Waals surface area contributed by atoms with Crippen LogP contribution in [0.4, 0.5) is 8.78 Å². The number of nitrogens with zero attached hydrogens (tertiary/aromatic N) is 8. The van der Waals surface area contributed by atoms with Gasteiger partial charge in [0.1, 0.15) is 23.1 Å². The summed E-state index contributed by atoms with van der Waals surface area (Å²) >= 11 is 0. The second-order valence-corrected chi connectivity index (χ2v) is 12.3. The summed E-state index contributed by atoms with van der Waals surface area (Å²) in [6.07, 6.45) is 10.8. The van der Waals surface area contributed by atoms with Crippen molar-refractivity contribution in [1.82, 2.24) is 43.2 Å². The number of hydrogen-bond acceptors (Lipinski definition) is 9. The molecule has 204 valence electrons. The Morgan fingerprint density at radius 2 is 1.29 bits per heavy atom. The predicted molar refractivity (Wildman–Crippen MR) is 129 cm³/mol. The zero-order valence-corrected chi connectivity index (χ0v) is 21.7. The van der Waals surface area contributed by atoms with Crippen LogP contribution >= 0.6 is 0 Å². The summed E-state index contributed by atoms with van der Waals surface area (Å²) in [4.78, 5) is 0.0391. The second kappa shape index (κ2) is 10.4. The molecule has 1 N–H and O–H groups in total. The molecule has 0 spiro atoms. The number of aryl methyl sites for hydroxylation is 4. The molecule has 6 rings (SSSR count). The summed E-state index contributed by atoms with van der Waals surface area (Å²) in [5.74, 6) is 0. The van der Waals surface area contributed by atoms with Crippen molar-refractivity contribution in [3.8, 4) is 0 Å². The number of nitrogens with one attached hydrogen (secondary N) is 1. The van der Waals surface area contributed by atoms with Crippen LogP contribution in [0.3, 0.4) is 0 Å². The van der Waals surface area contributed by atoms with E-state index in [0.717, 1.165) is 50.0 Å². The molecule has 0 aromatic carbocycles. The lowest BCUT2D eigenvalue weighted by Crippen LogP contribution is -2.15. The smallest absolute Gasteiger partial charge is 0.286 e. The fourth-order valence-corrected chi connectivity index (χ4v) is 6.40. The minimum Gasteiger partial charge on any atom is -0.307 e. The van der Waals surface area contributed by atoms with Gasteiger partial charge in [-0.1, -0.05) is 0 Å². The van der Waals surface area contributed by atoms with E-state index in [1.165, 1.54) is 40.3 Å². The maximum absolute atomic E-state index is 12.3. The van der Waals surface area contributed by atoms with Crippen molar-refractivity contribution in [2.75, 3.05) is 13.3 Å². The minimum atomic E-state index is -3.74. The third kappa shape index (κ3) is 5.00. The molecule has 13 nitrogen and oxygen atoms in total. The lowest BCUT2D eigenvalue weighted by molar-refractivity contribution is 0.426. The Morgan fingerprint density at radius 1 is 0.737 bits per heavy atom. The zero-order valence-electron chi connectivity index (χ0n) is 20.1. The molecule has 0 amide bonds. The first kappa shape index (κ1) is 26.2. The lowest BCUT2D eigenvalue weighted by atomic mass is 10.3. The fourth-order valence-electron chi connectivity index (χ4n) is 4.15. The average Bonchev–Trinajstić information content (AvgIpc) is 3.68. The zero-order chi connectivity index (χ0) is 26.9. The third-order valence-electron chi connectivity index (χ3n) is 6.11. The summed E-state index contributed by atoms with van der Waals surface area (Å²) in [6.45, 7) is 0.0885. The molecular weight excluding hydrogens is 544 g/mol. The molecule has 0 radical (unpaired) electrons. The van der Waals surface area contributed by atoms with Gasteiger partial charge in [-0.05, 0) is 24.8 Å². The van der Waals surface area contributed by atoms with Gasteiger partial charge in [0.15, 0.2) is 0 Å². The van der Waals surface area contributed by atoms with Gasteiger partial charge < -0.3 is 5.32 Å². The van der Waals surface area contributed by atoms with E-state index < -0.39 is 33.4 Å². The van der Waals surface area contributed by atoms with Gasteiger partial charge in [0.25, 0.3) is 20.0 Å². The van der Waals surface area contributed by atoms with Gasteiger partial charge in [0.2, 0.25) is 0 Å². The molecule has 0 unspecified atom stereocenters. The Morgan fingerprint density at radius 3 is 1.82 bits per heavy atom. The van der Waals surface area contributed by atoms with E-state index in [-0.39, 0.29) is 22.9 Å². The molecule has 2 aliphatic rings. The van der Waals surface area contributed by atoms with Crippen LogP contribution in [0.5, 0.6) is 0 Å². The van der Waals surface area contributed by atoms with E-state index >= 15 is 0 Å². The molecular formula is C21H25F2N9O4S2. The van der Waals surface area contributed by atoms with E-state index in [1.807, 2.05) is 0 Å². The molecule has 4 aromatic rings. The highest BCUT2D eigenvalue weighted by Gasteiger charge is 2.25. The summed E-state index contributed by atoms with van der Waals surface area (Å²) < 4.78 is 78.0. The van der Waals surface area contributed by atoms with Gasteiger partial charge in [0, 0.05) is 43.4 Å². The lowest BCUT2D eigenvalue weighted by Gasteiger charge is -2.01. The number of alkyl halides is 2. The van der Waals surface area contributed by atoms with Crippen molar-refractivity contribution >= 4 is 20.0 Å². The van der Waals surface area contributed by atoms with Gasteiger partial charge in [-0.2, -0.15) is 45.4 Å². The monoisotopic (exact) mass is 569 g/mol. The number of halogens is 2. The second-order valence-electron chi connectivity index (χ2n) is 8.67. The number of fused-ring (bicyclic) bond motifs is 2. The molecule has 4 aromatic heterocycles. The number of hydrogen-bond donors (Lipinski definition) is 1. The third-order valence-corrected chi connectivity index (χ3v) is 9.09. The highest BCUT2D eigenvalue weighted by molar-refractivity contribution is 7.90. The Kier molecular flexibility index (Phi) is 7.15. The first-order valence-electron chi connectivity index (χ1n) is 11.8. The maximum atomic E-state index is 12.3. The fraction of sp³-hybridized carbons (Fsp3) is 0.429. The van der Waals surface area contributed by atoms with E-state index in [4.69, 9.17) is 0 Å². The van der Waals surface area contributed by atoms with E-state index in [2.05, 4.69) is 25.7 Å². The van der Waals surface area contributed by atoms with Crippen LogP contribution in [-0.2, 0) is 59.1 Å². The highest BCUT2D eigenvalue weighted by atomic mass is 32.2. The van der Waals surface area contributed by atoms with Crippen LogP contribution in [0.1, 0.15) is 28.9 Å². The Balaban J connectivity index is 0.000000155. The van der Waals surface area contributed by atoms with Crippen molar-refractivity contribution in [3.05, 3.63) is 59.7 Å². The first-order chi connectivity index (χ1) is 18.2. The topological polar surface area (TPSA) is 152 Å². The van der Waals surface area contributed by atoms with Crippen molar-refractivity contribution in [1.29, 1.82) is 0 Å². The first-order valence-corrected chi connectivity index (χ1v) is 14.6. The van der Waals surface area contributed by atoms with Gasteiger partial charge in [-0.3, -0.25) is 9.36 Å². The number of rotatable bonds is 8. The Hall–Kier alpha value is -3.44. The molecule has 38 heavy (non-hydrogen) atoms. The van der Waals surface area contributed by atoms with Crippen LogP contribution in [0.25, 0.3) is 0 Å². The summed E-state index contributed by atoms with van der Waals surface area (Å²) in [5, 5.41) is 18.9. The Bertz CT molecular complexity index is 1490. The predicted octanol–water partition coefficient (Wildman–Crippen LogP) is 0.664. The Labute approximate surface area is 217 Å². The summed E-state index contributed by atoms with van der Waals surface area (Å²) in [6, 6.07) is 0. The largest absolute Gasteiger partial charge is 0.307 e. The summed E-state index contributed by atoms with van der Waals surface area (Å²) in [5.41, 5.74) is 3.44. The molecule has 1 aliphatic heterocycles.